The number of nitrogens with zero attached hydrogens (tertiary/aromatic N) is 4. The van der Waals surface area contributed by atoms with E-state index in [9.17, 15) is 25.0 Å². The summed E-state index contributed by atoms with van der Waals surface area (Å²) in [6.45, 7) is 0.276. The molecule has 0 aliphatic carbocycles. The van der Waals surface area contributed by atoms with Crippen LogP contribution in [0.25, 0.3) is 0 Å². The molecule has 0 aliphatic rings. The van der Waals surface area contributed by atoms with Crippen LogP contribution in [0.1, 0.15) is 22.3 Å². The van der Waals surface area contributed by atoms with Crippen LogP contribution >= 0.6 is 0 Å². The van der Waals surface area contributed by atoms with Gasteiger partial charge < -0.3 is 4.90 Å². The Hall–Kier alpha value is -3.80. The van der Waals surface area contributed by atoms with Gasteiger partial charge in [0.2, 0.25) is 0 Å². The minimum atomic E-state index is -0.791. The third-order valence-electron chi connectivity index (χ3n) is 3.57. The molecule has 0 saturated heterocycles. The van der Waals surface area contributed by atoms with E-state index in [2.05, 4.69) is 0 Å². The van der Waals surface area contributed by atoms with Crippen molar-refractivity contribution >= 4 is 17.3 Å². The molecule has 0 heterocycles. The molecular formula is C17H14N4O5. The average molecular weight is 354 g/mol. The largest absolute Gasteiger partial charge is 0.333 e. The molecule has 0 aromatic heterocycles. The van der Waals surface area contributed by atoms with Gasteiger partial charge in [0.15, 0.2) is 0 Å². The van der Waals surface area contributed by atoms with E-state index < -0.39 is 27.1 Å². The number of carbonyl (C=O) groups excluding carboxylic acids is 1. The van der Waals surface area contributed by atoms with Gasteiger partial charge in [-0.15, -0.1) is 0 Å². The van der Waals surface area contributed by atoms with Crippen LogP contribution in [0.3, 0.4) is 0 Å². The molecule has 0 N–H and O–H groups in total. The first kappa shape index (κ1) is 18.5. The Bertz CT molecular complexity index is 844. The molecule has 0 fully saturated rings. The number of rotatable bonds is 7. The van der Waals surface area contributed by atoms with E-state index in [1.165, 1.54) is 4.90 Å². The quantitative estimate of drug-likeness (QED) is 0.554. The Kier molecular flexibility index (Phi) is 5.95. The van der Waals surface area contributed by atoms with Crippen LogP contribution in [0.15, 0.2) is 48.5 Å². The van der Waals surface area contributed by atoms with Gasteiger partial charge in [-0.25, -0.2) is 0 Å². The fourth-order valence-corrected chi connectivity index (χ4v) is 2.35. The topological polar surface area (TPSA) is 130 Å². The predicted molar refractivity (Wildman–Crippen MR) is 91.2 cm³/mol. The van der Waals surface area contributed by atoms with Gasteiger partial charge >= 0.3 is 0 Å². The maximum atomic E-state index is 12.8. The Labute approximate surface area is 148 Å². The summed E-state index contributed by atoms with van der Waals surface area (Å²) in [5.41, 5.74) is -0.441. The maximum absolute atomic E-state index is 12.8. The van der Waals surface area contributed by atoms with Gasteiger partial charge in [-0.2, -0.15) is 5.26 Å². The molecule has 0 atom stereocenters. The predicted octanol–water partition coefficient (Wildman–Crippen LogP) is 3.06. The van der Waals surface area contributed by atoms with Gasteiger partial charge in [0.1, 0.15) is 0 Å². The maximum Gasteiger partial charge on any atom is 0.277 e. The first-order valence-electron chi connectivity index (χ1n) is 7.56. The molecule has 9 heteroatoms. The molecule has 0 saturated carbocycles. The van der Waals surface area contributed by atoms with E-state index in [0.29, 0.717) is 0 Å². The monoisotopic (exact) mass is 354 g/mol. The number of hydrogen-bond acceptors (Lipinski definition) is 6. The normalized spacial score (nSPS) is 9.96. The first-order chi connectivity index (χ1) is 12.4. The lowest BCUT2D eigenvalue weighted by Gasteiger charge is -2.21. The number of carbonyl (C=O) groups is 1. The summed E-state index contributed by atoms with van der Waals surface area (Å²) >= 11 is 0. The molecular weight excluding hydrogens is 340 g/mol. The lowest BCUT2D eigenvalue weighted by atomic mass is 10.1. The highest BCUT2D eigenvalue weighted by Gasteiger charge is 2.23. The summed E-state index contributed by atoms with van der Waals surface area (Å²) in [6.07, 6.45) is 0.0651. The summed E-state index contributed by atoms with van der Waals surface area (Å²) in [7, 11) is 0. The molecule has 9 nitrogen and oxygen atoms in total. The van der Waals surface area contributed by atoms with Crippen molar-refractivity contribution in [2.45, 2.75) is 13.0 Å². The van der Waals surface area contributed by atoms with Crippen molar-refractivity contribution in [3.63, 3.8) is 0 Å². The zero-order valence-electron chi connectivity index (χ0n) is 13.6. The Morgan fingerprint density at radius 3 is 2.12 bits per heavy atom. The molecule has 2 rings (SSSR count). The van der Waals surface area contributed by atoms with Gasteiger partial charge in [-0.1, -0.05) is 30.3 Å². The molecule has 0 spiro atoms. The van der Waals surface area contributed by atoms with Gasteiger partial charge in [0.05, 0.1) is 34.0 Å². The standard InChI is InChI=1S/C17H14N4O5/c18-7-4-8-19(12-13-5-2-1-3-6-13)17(22)14-9-15(20(23)24)11-16(10-14)21(25)26/h1-3,5-6,9-11H,4,8,12H2. The first-order valence-corrected chi connectivity index (χ1v) is 7.56. The minimum absolute atomic E-state index is 0.0651. The van der Waals surface area contributed by atoms with Crippen LogP contribution in [0.4, 0.5) is 11.4 Å². The SMILES string of the molecule is N#CCCN(Cc1ccccc1)C(=O)c1cc([N+](=O)[O-])cc([N+](=O)[O-])c1. The third-order valence-corrected chi connectivity index (χ3v) is 3.57. The van der Waals surface area contributed by atoms with Crippen LogP contribution in [-0.4, -0.2) is 27.2 Å². The van der Waals surface area contributed by atoms with Gasteiger partial charge in [-0.3, -0.25) is 25.0 Å². The number of nitro groups is 2. The molecule has 0 unspecified atom stereocenters. The molecule has 0 aliphatic heterocycles. The molecule has 0 bridgehead atoms. The van der Waals surface area contributed by atoms with Gasteiger partial charge in [0.25, 0.3) is 17.3 Å². The number of amides is 1. The smallest absolute Gasteiger partial charge is 0.277 e. The van der Waals surface area contributed by atoms with Crippen molar-refractivity contribution < 1.29 is 14.6 Å². The summed E-state index contributed by atoms with van der Waals surface area (Å²) in [5.74, 6) is -0.615. The highest BCUT2D eigenvalue weighted by Crippen LogP contribution is 2.24. The minimum Gasteiger partial charge on any atom is -0.333 e. The molecule has 2 aromatic rings. The molecule has 1 amide bonds. The van der Waals surface area contributed by atoms with Gasteiger partial charge in [0, 0.05) is 25.2 Å². The van der Waals surface area contributed by atoms with Crippen molar-refractivity contribution in [3.05, 3.63) is 79.9 Å². The highest BCUT2D eigenvalue weighted by molar-refractivity contribution is 5.95. The summed E-state index contributed by atoms with van der Waals surface area (Å²) < 4.78 is 0. The zero-order valence-corrected chi connectivity index (χ0v) is 13.6. The van der Waals surface area contributed by atoms with E-state index in [4.69, 9.17) is 5.26 Å². The van der Waals surface area contributed by atoms with Crippen molar-refractivity contribution in [2.24, 2.45) is 0 Å². The number of nitro benzene ring substituents is 2. The highest BCUT2D eigenvalue weighted by atomic mass is 16.6. The number of non-ortho nitro benzene ring substituents is 2. The van der Waals surface area contributed by atoms with Crippen molar-refractivity contribution in [2.75, 3.05) is 6.54 Å². The van der Waals surface area contributed by atoms with Crippen LogP contribution < -0.4 is 0 Å². The molecule has 26 heavy (non-hydrogen) atoms. The van der Waals surface area contributed by atoms with Crippen LogP contribution in [0, 0.1) is 31.6 Å². The van der Waals surface area contributed by atoms with E-state index in [0.717, 1.165) is 23.8 Å². The molecule has 2 aromatic carbocycles. The van der Waals surface area contributed by atoms with E-state index in [1.54, 1.807) is 24.3 Å². The number of hydrogen-bond donors (Lipinski definition) is 0. The summed E-state index contributed by atoms with van der Waals surface area (Å²) in [6, 6.07) is 13.7. The van der Waals surface area contributed by atoms with Crippen molar-refractivity contribution in [1.82, 2.24) is 4.90 Å². The Morgan fingerprint density at radius 1 is 1.04 bits per heavy atom. The van der Waals surface area contributed by atoms with E-state index >= 15 is 0 Å². The lowest BCUT2D eigenvalue weighted by molar-refractivity contribution is -0.394. The average Bonchev–Trinajstić information content (AvgIpc) is 2.64. The third kappa shape index (κ3) is 4.61. The second-order valence-corrected chi connectivity index (χ2v) is 5.37. The number of nitriles is 1. The van der Waals surface area contributed by atoms with E-state index in [1.807, 2.05) is 12.1 Å². The summed E-state index contributed by atoms with van der Waals surface area (Å²) in [5, 5.41) is 30.8. The molecule has 0 radical (unpaired) electrons. The zero-order chi connectivity index (χ0) is 19.1. The van der Waals surface area contributed by atoms with E-state index in [-0.39, 0.29) is 25.1 Å². The number of benzene rings is 2. The Morgan fingerprint density at radius 2 is 1.62 bits per heavy atom. The fourth-order valence-electron chi connectivity index (χ4n) is 2.35. The Balaban J connectivity index is 2.39. The lowest BCUT2D eigenvalue weighted by Crippen LogP contribution is -2.31. The van der Waals surface area contributed by atoms with Crippen LogP contribution in [0.5, 0.6) is 0 Å². The second kappa shape index (κ2) is 8.34. The molecule has 132 valence electrons. The van der Waals surface area contributed by atoms with Crippen LogP contribution in [0.2, 0.25) is 0 Å². The van der Waals surface area contributed by atoms with Crippen LogP contribution in [-0.2, 0) is 6.54 Å². The fraction of sp³-hybridized carbons (Fsp3) is 0.176. The second-order valence-electron chi connectivity index (χ2n) is 5.37. The van der Waals surface area contributed by atoms with Crippen molar-refractivity contribution in [3.8, 4) is 6.07 Å². The van der Waals surface area contributed by atoms with Crippen molar-refractivity contribution in [1.29, 1.82) is 5.26 Å². The van der Waals surface area contributed by atoms with Gasteiger partial charge in [-0.05, 0) is 5.56 Å². The summed E-state index contributed by atoms with van der Waals surface area (Å²) in [4.78, 5) is 34.5.